The van der Waals surface area contributed by atoms with Gasteiger partial charge < -0.3 is 4.90 Å². The molecule has 22 heavy (non-hydrogen) atoms. The highest BCUT2D eigenvalue weighted by Crippen LogP contribution is 2.43. The minimum Gasteiger partial charge on any atom is -0.372 e. The van der Waals surface area contributed by atoms with Crippen LogP contribution in [0.4, 0.5) is 11.4 Å². The molecule has 0 bridgehead atoms. The van der Waals surface area contributed by atoms with E-state index >= 15 is 0 Å². The minimum absolute atomic E-state index is 0.356. The van der Waals surface area contributed by atoms with Crippen molar-refractivity contribution < 1.29 is 0 Å². The Hall–Kier alpha value is -1.52. The summed E-state index contributed by atoms with van der Waals surface area (Å²) in [6.07, 6.45) is 6.66. The first kappa shape index (κ1) is 15.4. The Labute approximate surface area is 137 Å². The van der Waals surface area contributed by atoms with Crippen LogP contribution in [0.15, 0.2) is 51.2 Å². The smallest absolute Gasteiger partial charge is 0.0778 e. The third kappa shape index (κ3) is 2.85. The van der Waals surface area contributed by atoms with Gasteiger partial charge in [-0.3, -0.25) is 4.90 Å². The molecule has 0 N–H and O–H groups in total. The number of likely N-dealkylation sites (N-methyl/N-ethyl adjacent to an activating group) is 1. The summed E-state index contributed by atoms with van der Waals surface area (Å²) in [5.74, 6) is 0. The molecule has 0 saturated heterocycles. The van der Waals surface area contributed by atoms with Gasteiger partial charge in [0.2, 0.25) is 0 Å². The van der Waals surface area contributed by atoms with E-state index in [-0.39, 0.29) is 0 Å². The molecular weight excluding hydrogens is 290 g/mol. The first-order valence-electron chi connectivity index (χ1n) is 7.84. The summed E-state index contributed by atoms with van der Waals surface area (Å²) in [6, 6.07) is 6.96. The van der Waals surface area contributed by atoms with Gasteiger partial charge in [-0.1, -0.05) is 17.8 Å². The normalized spacial score (nSPS) is 19.4. The van der Waals surface area contributed by atoms with Crippen LogP contribution < -0.4 is 4.90 Å². The molecule has 0 amide bonds. The van der Waals surface area contributed by atoms with Gasteiger partial charge in [0.25, 0.3) is 0 Å². The molecule has 116 valence electrons. The molecule has 1 aromatic carbocycles. The maximum absolute atomic E-state index is 4.82. The van der Waals surface area contributed by atoms with Crippen molar-refractivity contribution in [3.63, 3.8) is 0 Å². The lowest BCUT2D eigenvalue weighted by molar-refractivity contribution is 0.391. The van der Waals surface area contributed by atoms with Crippen molar-refractivity contribution in [3.8, 4) is 0 Å². The molecule has 1 aliphatic carbocycles. The Morgan fingerprint density at radius 1 is 1.18 bits per heavy atom. The molecule has 0 fully saturated rings. The molecule has 1 aliphatic heterocycles. The summed E-state index contributed by atoms with van der Waals surface area (Å²) in [7, 11) is 4.21. The summed E-state index contributed by atoms with van der Waals surface area (Å²) >= 11 is 1.84. The molecule has 0 radical (unpaired) electrons. The van der Waals surface area contributed by atoms with Crippen molar-refractivity contribution in [3.05, 3.63) is 41.3 Å². The van der Waals surface area contributed by atoms with Crippen molar-refractivity contribution in [2.75, 3.05) is 32.1 Å². The second-order valence-electron chi connectivity index (χ2n) is 5.77. The lowest BCUT2D eigenvalue weighted by Crippen LogP contribution is -2.27. The van der Waals surface area contributed by atoms with E-state index < -0.39 is 0 Å². The van der Waals surface area contributed by atoms with Gasteiger partial charge in [0.1, 0.15) is 0 Å². The summed E-state index contributed by atoms with van der Waals surface area (Å²) in [5.41, 5.74) is 3.46. The average Bonchev–Trinajstić information content (AvgIpc) is 2.53. The van der Waals surface area contributed by atoms with Crippen molar-refractivity contribution in [1.29, 1.82) is 0 Å². The topological polar surface area (TPSA) is 18.8 Å². The highest BCUT2D eigenvalue weighted by molar-refractivity contribution is 8.04. The first-order chi connectivity index (χ1) is 10.6. The van der Waals surface area contributed by atoms with Crippen LogP contribution in [-0.4, -0.2) is 43.8 Å². The van der Waals surface area contributed by atoms with Crippen LogP contribution in [-0.2, 0) is 0 Å². The van der Waals surface area contributed by atoms with Gasteiger partial charge in [-0.15, -0.1) is 0 Å². The third-order valence-corrected chi connectivity index (χ3v) is 5.27. The van der Waals surface area contributed by atoms with Gasteiger partial charge in [0.15, 0.2) is 0 Å². The maximum Gasteiger partial charge on any atom is 0.0778 e. The number of hydrogen-bond acceptors (Lipinski definition) is 4. The molecule has 2 aliphatic rings. The lowest BCUT2D eigenvalue weighted by Gasteiger charge is -2.27. The van der Waals surface area contributed by atoms with Crippen LogP contribution in [0.2, 0.25) is 0 Å². The monoisotopic (exact) mass is 313 g/mol. The summed E-state index contributed by atoms with van der Waals surface area (Å²) in [5, 5.41) is 0. The van der Waals surface area contributed by atoms with Crippen molar-refractivity contribution >= 4 is 28.8 Å². The van der Waals surface area contributed by atoms with E-state index in [9.17, 15) is 0 Å². The molecule has 1 atom stereocenters. The SMILES string of the molecule is CCN(CC)c1ccc2c(c1)SC1=CC(N(C)C)C=CC1=N2. The van der Waals surface area contributed by atoms with E-state index in [1.54, 1.807) is 0 Å². The molecular formula is C18H23N3S. The van der Waals surface area contributed by atoms with Crippen LogP contribution in [0, 0.1) is 0 Å². The Bertz CT molecular complexity index is 654. The zero-order valence-electron chi connectivity index (χ0n) is 13.7. The van der Waals surface area contributed by atoms with E-state index in [4.69, 9.17) is 4.99 Å². The highest BCUT2D eigenvalue weighted by atomic mass is 32.2. The standard InChI is InChI=1S/C18H23N3S/c1-5-21(6-2)14-8-10-16-18(12-14)22-17-11-13(20(3)4)7-9-15(17)19-16/h7-13H,5-6H2,1-4H3. The van der Waals surface area contributed by atoms with E-state index in [1.165, 1.54) is 15.5 Å². The Morgan fingerprint density at radius 2 is 1.95 bits per heavy atom. The largest absolute Gasteiger partial charge is 0.372 e. The van der Waals surface area contributed by atoms with Gasteiger partial charge >= 0.3 is 0 Å². The first-order valence-corrected chi connectivity index (χ1v) is 8.66. The summed E-state index contributed by atoms with van der Waals surface area (Å²) in [6.45, 7) is 6.45. The van der Waals surface area contributed by atoms with Gasteiger partial charge in [-0.25, -0.2) is 4.99 Å². The van der Waals surface area contributed by atoms with Crippen molar-refractivity contribution in [2.45, 2.75) is 24.8 Å². The molecule has 3 rings (SSSR count). The van der Waals surface area contributed by atoms with E-state index in [2.05, 4.69) is 74.2 Å². The summed E-state index contributed by atoms with van der Waals surface area (Å²) in [4.78, 5) is 11.9. The quantitative estimate of drug-likeness (QED) is 0.834. The number of allylic oxidation sites excluding steroid dienone is 2. The molecule has 1 unspecified atom stereocenters. The number of anilines is 1. The fourth-order valence-corrected chi connectivity index (χ4v) is 3.84. The summed E-state index contributed by atoms with van der Waals surface area (Å²) < 4.78 is 0. The number of aliphatic imine (C=N–C) groups is 1. The van der Waals surface area contributed by atoms with Crippen LogP contribution in [0.25, 0.3) is 0 Å². The van der Waals surface area contributed by atoms with E-state index in [1.807, 2.05) is 11.8 Å². The van der Waals surface area contributed by atoms with Gasteiger partial charge in [-0.05, 0) is 58.3 Å². The second kappa shape index (κ2) is 6.31. The molecule has 1 heterocycles. The van der Waals surface area contributed by atoms with Gasteiger partial charge in [0, 0.05) is 34.6 Å². The fraction of sp³-hybridized carbons (Fsp3) is 0.389. The molecule has 0 spiro atoms. The predicted molar refractivity (Wildman–Crippen MR) is 97.7 cm³/mol. The molecule has 0 aromatic heterocycles. The number of fused-ring (bicyclic) bond motifs is 2. The predicted octanol–water partition coefficient (Wildman–Crippen LogP) is 4.09. The van der Waals surface area contributed by atoms with Gasteiger partial charge in [-0.2, -0.15) is 0 Å². The van der Waals surface area contributed by atoms with Crippen LogP contribution >= 0.6 is 11.8 Å². The highest BCUT2D eigenvalue weighted by Gasteiger charge is 2.22. The van der Waals surface area contributed by atoms with E-state index in [0.717, 1.165) is 24.5 Å². The Kier molecular flexibility index (Phi) is 4.41. The zero-order valence-corrected chi connectivity index (χ0v) is 14.5. The lowest BCUT2D eigenvalue weighted by atomic mass is 10.1. The number of nitrogens with zero attached hydrogens (tertiary/aromatic N) is 3. The van der Waals surface area contributed by atoms with Gasteiger partial charge in [0.05, 0.1) is 11.4 Å². The molecule has 4 heteroatoms. The zero-order chi connectivity index (χ0) is 15.7. The molecule has 1 aromatic rings. The third-order valence-electron chi connectivity index (χ3n) is 4.15. The Morgan fingerprint density at radius 3 is 2.64 bits per heavy atom. The molecule has 3 nitrogen and oxygen atoms in total. The fourth-order valence-electron chi connectivity index (χ4n) is 2.78. The van der Waals surface area contributed by atoms with Crippen LogP contribution in [0.5, 0.6) is 0 Å². The number of thioether (sulfide) groups is 1. The Balaban J connectivity index is 1.95. The van der Waals surface area contributed by atoms with Crippen molar-refractivity contribution in [1.82, 2.24) is 4.90 Å². The van der Waals surface area contributed by atoms with Crippen LogP contribution in [0.1, 0.15) is 13.8 Å². The minimum atomic E-state index is 0.356. The van der Waals surface area contributed by atoms with Crippen LogP contribution in [0.3, 0.4) is 0 Å². The number of rotatable bonds is 4. The van der Waals surface area contributed by atoms with E-state index in [0.29, 0.717) is 6.04 Å². The molecule has 0 saturated carbocycles. The average molecular weight is 313 g/mol. The second-order valence-corrected chi connectivity index (χ2v) is 6.85. The maximum atomic E-state index is 4.82. The van der Waals surface area contributed by atoms with Crippen molar-refractivity contribution in [2.24, 2.45) is 4.99 Å². The number of hydrogen-bond donors (Lipinski definition) is 0. The number of benzene rings is 1.